The van der Waals surface area contributed by atoms with Crippen LogP contribution in [-0.4, -0.2) is 11.2 Å². The monoisotopic (exact) mass is 188 g/mol. The lowest BCUT2D eigenvalue weighted by molar-refractivity contribution is 0.180. The SMILES string of the molecule is CC#CCC(O)Cc1ccc(C)cc1. The van der Waals surface area contributed by atoms with Crippen LogP contribution < -0.4 is 0 Å². The number of hydrogen-bond donors (Lipinski definition) is 1. The Kier molecular flexibility index (Phi) is 4.22. The third kappa shape index (κ3) is 3.64. The fourth-order valence-corrected chi connectivity index (χ4v) is 1.29. The fraction of sp³-hybridized carbons (Fsp3) is 0.385. The van der Waals surface area contributed by atoms with Gasteiger partial charge in [0.1, 0.15) is 0 Å². The highest BCUT2D eigenvalue weighted by Gasteiger charge is 2.02. The molecule has 0 fully saturated rings. The molecule has 14 heavy (non-hydrogen) atoms. The summed E-state index contributed by atoms with van der Waals surface area (Å²) in [6, 6.07) is 8.23. The Morgan fingerprint density at radius 1 is 1.29 bits per heavy atom. The molecule has 0 saturated heterocycles. The van der Waals surface area contributed by atoms with Gasteiger partial charge in [0.25, 0.3) is 0 Å². The van der Waals surface area contributed by atoms with E-state index in [1.54, 1.807) is 6.92 Å². The molecule has 0 saturated carbocycles. The molecule has 0 heterocycles. The van der Waals surface area contributed by atoms with Gasteiger partial charge in [-0.15, -0.1) is 11.8 Å². The number of benzene rings is 1. The quantitative estimate of drug-likeness (QED) is 0.722. The molecule has 1 heteroatoms. The molecule has 0 radical (unpaired) electrons. The summed E-state index contributed by atoms with van der Waals surface area (Å²) in [5, 5.41) is 9.60. The molecule has 1 atom stereocenters. The topological polar surface area (TPSA) is 20.2 Å². The Labute approximate surface area is 85.8 Å². The van der Waals surface area contributed by atoms with Crippen LogP contribution in [0.2, 0.25) is 0 Å². The van der Waals surface area contributed by atoms with Crippen molar-refractivity contribution in [1.29, 1.82) is 0 Å². The van der Waals surface area contributed by atoms with Gasteiger partial charge in [-0.25, -0.2) is 0 Å². The second-order valence-corrected chi connectivity index (χ2v) is 3.47. The van der Waals surface area contributed by atoms with Crippen LogP contribution in [0.25, 0.3) is 0 Å². The Bertz CT molecular complexity index is 326. The van der Waals surface area contributed by atoms with E-state index in [0.29, 0.717) is 12.8 Å². The standard InChI is InChI=1S/C13H16O/c1-3-4-5-13(14)10-12-8-6-11(2)7-9-12/h6-9,13-14H,5,10H2,1-2H3. The van der Waals surface area contributed by atoms with Crippen LogP contribution in [0.4, 0.5) is 0 Å². The van der Waals surface area contributed by atoms with E-state index in [2.05, 4.69) is 43.0 Å². The van der Waals surface area contributed by atoms with Crippen molar-refractivity contribution in [1.82, 2.24) is 0 Å². The number of aryl methyl sites for hydroxylation is 1. The minimum absolute atomic E-state index is 0.342. The van der Waals surface area contributed by atoms with Gasteiger partial charge in [0.15, 0.2) is 0 Å². The van der Waals surface area contributed by atoms with E-state index in [1.807, 2.05) is 0 Å². The number of aliphatic hydroxyl groups excluding tert-OH is 1. The molecular formula is C13H16O. The molecule has 1 nitrogen and oxygen atoms in total. The lowest BCUT2D eigenvalue weighted by atomic mass is 10.0. The van der Waals surface area contributed by atoms with Gasteiger partial charge in [-0.3, -0.25) is 0 Å². The predicted octanol–water partition coefficient (Wildman–Crippen LogP) is 2.31. The molecule has 0 spiro atoms. The maximum Gasteiger partial charge on any atom is 0.0689 e. The molecule has 1 rings (SSSR count). The Hall–Kier alpha value is -1.26. The van der Waals surface area contributed by atoms with Crippen molar-refractivity contribution in [2.24, 2.45) is 0 Å². The van der Waals surface area contributed by atoms with Gasteiger partial charge in [0.2, 0.25) is 0 Å². The molecule has 0 aliphatic rings. The van der Waals surface area contributed by atoms with E-state index in [0.717, 1.165) is 0 Å². The van der Waals surface area contributed by atoms with Gasteiger partial charge >= 0.3 is 0 Å². The Balaban J connectivity index is 2.50. The maximum absolute atomic E-state index is 9.60. The summed E-state index contributed by atoms with van der Waals surface area (Å²) in [5.41, 5.74) is 2.41. The maximum atomic E-state index is 9.60. The highest BCUT2D eigenvalue weighted by molar-refractivity contribution is 5.22. The summed E-state index contributed by atoms with van der Waals surface area (Å²) in [6.07, 6.45) is 0.907. The summed E-state index contributed by atoms with van der Waals surface area (Å²) in [4.78, 5) is 0. The van der Waals surface area contributed by atoms with Gasteiger partial charge in [0.05, 0.1) is 6.10 Å². The van der Waals surface area contributed by atoms with E-state index in [9.17, 15) is 5.11 Å². The van der Waals surface area contributed by atoms with Crippen LogP contribution >= 0.6 is 0 Å². The van der Waals surface area contributed by atoms with Gasteiger partial charge in [0, 0.05) is 6.42 Å². The van der Waals surface area contributed by atoms with E-state index in [1.165, 1.54) is 11.1 Å². The second kappa shape index (κ2) is 5.47. The summed E-state index contributed by atoms with van der Waals surface area (Å²) < 4.78 is 0. The Morgan fingerprint density at radius 3 is 2.50 bits per heavy atom. The largest absolute Gasteiger partial charge is 0.392 e. The third-order valence-electron chi connectivity index (χ3n) is 2.11. The summed E-state index contributed by atoms with van der Waals surface area (Å²) in [5.74, 6) is 5.66. The third-order valence-corrected chi connectivity index (χ3v) is 2.11. The minimum Gasteiger partial charge on any atom is -0.392 e. The van der Waals surface area contributed by atoms with Crippen LogP contribution in [0.3, 0.4) is 0 Å². The van der Waals surface area contributed by atoms with Gasteiger partial charge in [-0.05, 0) is 25.8 Å². The molecule has 0 aliphatic carbocycles. The first-order valence-corrected chi connectivity index (χ1v) is 4.85. The first-order chi connectivity index (χ1) is 6.72. The summed E-state index contributed by atoms with van der Waals surface area (Å²) in [6.45, 7) is 3.85. The van der Waals surface area contributed by atoms with Crippen molar-refractivity contribution >= 4 is 0 Å². The van der Waals surface area contributed by atoms with Gasteiger partial charge in [-0.1, -0.05) is 29.8 Å². The molecule has 1 aromatic carbocycles. The molecule has 0 amide bonds. The molecule has 0 bridgehead atoms. The van der Waals surface area contributed by atoms with Crippen molar-refractivity contribution in [2.45, 2.75) is 32.8 Å². The molecule has 74 valence electrons. The van der Waals surface area contributed by atoms with E-state index >= 15 is 0 Å². The van der Waals surface area contributed by atoms with Crippen molar-refractivity contribution in [3.8, 4) is 11.8 Å². The summed E-state index contributed by atoms with van der Waals surface area (Å²) >= 11 is 0. The highest BCUT2D eigenvalue weighted by atomic mass is 16.3. The smallest absolute Gasteiger partial charge is 0.0689 e. The van der Waals surface area contributed by atoms with Crippen LogP contribution in [0.15, 0.2) is 24.3 Å². The van der Waals surface area contributed by atoms with Crippen LogP contribution in [0.1, 0.15) is 24.5 Å². The number of hydrogen-bond acceptors (Lipinski definition) is 1. The lowest BCUT2D eigenvalue weighted by Crippen LogP contribution is -2.08. The zero-order valence-electron chi connectivity index (χ0n) is 8.75. The minimum atomic E-state index is -0.342. The van der Waals surface area contributed by atoms with Gasteiger partial charge < -0.3 is 5.11 Å². The highest BCUT2D eigenvalue weighted by Crippen LogP contribution is 2.07. The predicted molar refractivity (Wildman–Crippen MR) is 59.0 cm³/mol. The van der Waals surface area contributed by atoms with Crippen LogP contribution in [0.5, 0.6) is 0 Å². The van der Waals surface area contributed by atoms with E-state index in [4.69, 9.17) is 0 Å². The van der Waals surface area contributed by atoms with E-state index < -0.39 is 0 Å². The zero-order chi connectivity index (χ0) is 10.4. The first-order valence-electron chi connectivity index (χ1n) is 4.85. The van der Waals surface area contributed by atoms with Crippen molar-refractivity contribution in [3.63, 3.8) is 0 Å². The zero-order valence-corrected chi connectivity index (χ0v) is 8.75. The number of aliphatic hydroxyl groups is 1. The average molecular weight is 188 g/mol. The van der Waals surface area contributed by atoms with Crippen molar-refractivity contribution in [2.75, 3.05) is 0 Å². The molecule has 1 unspecified atom stereocenters. The van der Waals surface area contributed by atoms with Crippen LogP contribution in [-0.2, 0) is 6.42 Å². The number of rotatable bonds is 3. The average Bonchev–Trinajstić information content (AvgIpc) is 2.18. The van der Waals surface area contributed by atoms with Crippen molar-refractivity contribution in [3.05, 3.63) is 35.4 Å². The molecule has 1 aromatic rings. The molecule has 0 aromatic heterocycles. The normalized spacial score (nSPS) is 11.6. The molecule has 0 aliphatic heterocycles. The van der Waals surface area contributed by atoms with Crippen LogP contribution in [0, 0.1) is 18.8 Å². The Morgan fingerprint density at radius 2 is 1.93 bits per heavy atom. The van der Waals surface area contributed by atoms with E-state index in [-0.39, 0.29) is 6.10 Å². The van der Waals surface area contributed by atoms with Gasteiger partial charge in [-0.2, -0.15) is 0 Å². The molecule has 1 N–H and O–H groups in total. The molecular weight excluding hydrogens is 172 g/mol. The first kappa shape index (κ1) is 10.8. The lowest BCUT2D eigenvalue weighted by Gasteiger charge is -2.06. The fourth-order valence-electron chi connectivity index (χ4n) is 1.29. The van der Waals surface area contributed by atoms with Crippen molar-refractivity contribution < 1.29 is 5.11 Å². The summed E-state index contributed by atoms with van der Waals surface area (Å²) in [7, 11) is 0. The second-order valence-electron chi connectivity index (χ2n) is 3.47.